The Kier molecular flexibility index (Phi) is 7.60. The molecule has 1 aliphatic rings. The molecule has 0 radical (unpaired) electrons. The van der Waals surface area contributed by atoms with E-state index in [1.807, 2.05) is 29.3 Å². The summed E-state index contributed by atoms with van der Waals surface area (Å²) in [7, 11) is 0. The Labute approximate surface area is 180 Å². The molecule has 0 spiro atoms. The molecule has 0 fully saturated rings. The lowest BCUT2D eigenvalue weighted by Crippen LogP contribution is -2.29. The topological polar surface area (TPSA) is 44.7 Å². The number of halogens is 3. The molecule has 0 saturated carbocycles. The predicted molar refractivity (Wildman–Crippen MR) is 118 cm³/mol. The lowest BCUT2D eigenvalue weighted by Gasteiger charge is -2.16. The molecule has 1 heterocycles. The van der Waals surface area contributed by atoms with Crippen LogP contribution < -0.4 is 5.32 Å². The maximum atomic E-state index is 12.4. The molecule has 2 aromatic carbocycles. The fourth-order valence-electron chi connectivity index (χ4n) is 3.24. The van der Waals surface area contributed by atoms with Gasteiger partial charge in [0.15, 0.2) is 0 Å². The van der Waals surface area contributed by atoms with Crippen LogP contribution in [0.1, 0.15) is 24.8 Å². The van der Waals surface area contributed by atoms with Gasteiger partial charge in [-0.1, -0.05) is 41.8 Å². The molecule has 1 N–H and O–H groups in total. The first-order valence-corrected chi connectivity index (χ1v) is 10.5. The molecule has 148 valence electrons. The number of benzene rings is 2. The average Bonchev–Trinajstić information content (AvgIpc) is 3.07. The molecule has 1 atom stereocenters. The first-order valence-electron chi connectivity index (χ1n) is 9.26. The van der Waals surface area contributed by atoms with E-state index in [1.165, 1.54) is 0 Å². The van der Waals surface area contributed by atoms with Crippen LogP contribution in [0, 0.1) is 5.92 Å². The summed E-state index contributed by atoms with van der Waals surface area (Å²) >= 11 is 17.7. The van der Waals surface area contributed by atoms with E-state index in [-0.39, 0.29) is 18.4 Å². The van der Waals surface area contributed by atoms with Crippen LogP contribution in [0.3, 0.4) is 0 Å². The van der Waals surface area contributed by atoms with Crippen molar-refractivity contribution in [1.82, 2.24) is 5.01 Å². The molecule has 1 amide bonds. The summed E-state index contributed by atoms with van der Waals surface area (Å²) in [6.45, 7) is 0.917. The minimum atomic E-state index is -0.108. The molecule has 2 aromatic rings. The quantitative estimate of drug-likeness (QED) is 0.426. The van der Waals surface area contributed by atoms with E-state index in [9.17, 15) is 4.79 Å². The van der Waals surface area contributed by atoms with Gasteiger partial charge in [-0.3, -0.25) is 9.80 Å². The fourth-order valence-corrected chi connectivity index (χ4v) is 3.68. The van der Waals surface area contributed by atoms with Gasteiger partial charge in [0, 0.05) is 34.1 Å². The van der Waals surface area contributed by atoms with E-state index >= 15 is 0 Å². The van der Waals surface area contributed by atoms with Gasteiger partial charge in [-0.05, 0) is 54.8 Å². The number of hydrogen-bond donors (Lipinski definition) is 1. The van der Waals surface area contributed by atoms with Crippen LogP contribution in [0.5, 0.6) is 0 Å². The Morgan fingerprint density at radius 2 is 1.68 bits per heavy atom. The number of hydrazone groups is 1. The number of unbranched alkanes of at least 4 members (excludes halogenated alkanes) is 1. The Hall–Kier alpha value is -1.75. The third kappa shape index (κ3) is 5.87. The molecule has 28 heavy (non-hydrogen) atoms. The van der Waals surface area contributed by atoms with E-state index in [0.717, 1.165) is 30.5 Å². The Balaban J connectivity index is 1.67. The van der Waals surface area contributed by atoms with Crippen LogP contribution >= 0.6 is 34.8 Å². The van der Waals surface area contributed by atoms with Gasteiger partial charge in [-0.15, -0.1) is 11.6 Å². The van der Waals surface area contributed by atoms with Crippen molar-refractivity contribution in [3.05, 3.63) is 64.1 Å². The molecule has 1 aliphatic heterocycles. The Morgan fingerprint density at radius 1 is 1.04 bits per heavy atom. The van der Waals surface area contributed by atoms with Crippen molar-refractivity contribution in [2.24, 2.45) is 11.0 Å². The van der Waals surface area contributed by atoms with Gasteiger partial charge >= 0.3 is 0 Å². The lowest BCUT2D eigenvalue weighted by molar-refractivity contribution is -0.117. The number of alkyl halides is 1. The van der Waals surface area contributed by atoms with Crippen LogP contribution in [0.2, 0.25) is 10.0 Å². The van der Waals surface area contributed by atoms with Crippen molar-refractivity contribution >= 4 is 52.1 Å². The van der Waals surface area contributed by atoms with E-state index in [2.05, 4.69) is 5.32 Å². The van der Waals surface area contributed by atoms with Crippen molar-refractivity contribution < 1.29 is 4.79 Å². The zero-order valence-electron chi connectivity index (χ0n) is 15.4. The largest absolute Gasteiger partial charge is 0.324 e. The zero-order chi connectivity index (χ0) is 19.9. The smallest absolute Gasteiger partial charge is 0.245 e. The number of carbonyl (C=O) groups excluding carboxylic acids is 1. The summed E-state index contributed by atoms with van der Waals surface area (Å²) in [5, 5.41) is 10.8. The maximum absolute atomic E-state index is 12.4. The Bertz CT molecular complexity index is 822. The fraction of sp³-hybridized carbons (Fsp3) is 0.333. The van der Waals surface area contributed by atoms with Gasteiger partial charge in [0.1, 0.15) is 6.54 Å². The predicted octanol–water partition coefficient (Wildman–Crippen LogP) is 5.68. The van der Waals surface area contributed by atoms with Crippen molar-refractivity contribution in [2.45, 2.75) is 19.3 Å². The van der Waals surface area contributed by atoms with Gasteiger partial charge in [0.25, 0.3) is 0 Å². The highest BCUT2D eigenvalue weighted by Crippen LogP contribution is 2.25. The highest BCUT2D eigenvalue weighted by Gasteiger charge is 2.28. The highest BCUT2D eigenvalue weighted by atomic mass is 35.5. The molecule has 0 bridgehead atoms. The zero-order valence-corrected chi connectivity index (χ0v) is 17.6. The normalized spacial score (nSPS) is 16.2. The number of amides is 1. The molecular weight excluding hydrogens is 417 g/mol. The number of anilines is 1. The SMILES string of the molecule is O=C(CN1CC(CCCCCl)C(c2ccc(Cl)cc2)=N1)Nc1ccc(Cl)cc1. The van der Waals surface area contributed by atoms with Crippen LogP contribution in [0.4, 0.5) is 5.69 Å². The van der Waals surface area contributed by atoms with Crippen molar-refractivity contribution in [3.63, 3.8) is 0 Å². The van der Waals surface area contributed by atoms with Crippen molar-refractivity contribution in [1.29, 1.82) is 0 Å². The summed E-state index contributed by atoms with van der Waals surface area (Å²) < 4.78 is 0. The minimum absolute atomic E-state index is 0.108. The number of nitrogens with one attached hydrogen (secondary N) is 1. The molecule has 7 heteroatoms. The average molecular weight is 439 g/mol. The van der Waals surface area contributed by atoms with Gasteiger partial charge in [-0.25, -0.2) is 0 Å². The first-order chi connectivity index (χ1) is 13.5. The van der Waals surface area contributed by atoms with Crippen LogP contribution in [0.15, 0.2) is 53.6 Å². The second-order valence-electron chi connectivity index (χ2n) is 6.78. The van der Waals surface area contributed by atoms with Gasteiger partial charge in [0.05, 0.1) is 5.71 Å². The summed E-state index contributed by atoms with van der Waals surface area (Å²) in [6.07, 6.45) is 3.00. The van der Waals surface area contributed by atoms with Crippen LogP contribution in [-0.4, -0.2) is 35.6 Å². The van der Waals surface area contributed by atoms with E-state index in [1.54, 1.807) is 24.3 Å². The molecule has 1 unspecified atom stereocenters. The summed E-state index contributed by atoms with van der Waals surface area (Å²) in [6, 6.07) is 14.7. The second-order valence-corrected chi connectivity index (χ2v) is 8.03. The third-order valence-electron chi connectivity index (χ3n) is 4.60. The monoisotopic (exact) mass is 437 g/mol. The summed E-state index contributed by atoms with van der Waals surface area (Å²) in [4.78, 5) is 12.4. The van der Waals surface area contributed by atoms with Crippen molar-refractivity contribution in [3.8, 4) is 0 Å². The van der Waals surface area contributed by atoms with Gasteiger partial charge < -0.3 is 5.32 Å². The minimum Gasteiger partial charge on any atom is -0.324 e. The Morgan fingerprint density at radius 3 is 2.32 bits per heavy atom. The summed E-state index contributed by atoms with van der Waals surface area (Å²) in [5.74, 6) is 0.823. The highest BCUT2D eigenvalue weighted by molar-refractivity contribution is 6.31. The molecule has 0 saturated heterocycles. The number of carbonyl (C=O) groups is 1. The second kappa shape index (κ2) is 10.1. The van der Waals surface area contributed by atoms with Crippen LogP contribution in [-0.2, 0) is 4.79 Å². The number of nitrogens with zero attached hydrogens (tertiary/aromatic N) is 2. The van der Waals surface area contributed by atoms with Gasteiger partial charge in [0.2, 0.25) is 5.91 Å². The standard InChI is InChI=1S/C21H22Cl3N3O/c22-12-2-1-3-16-13-27(26-21(16)15-4-6-17(23)7-5-15)14-20(28)25-19-10-8-18(24)9-11-19/h4-11,16H,1-3,12-14H2,(H,25,28). The molecular formula is C21H22Cl3N3O. The van der Waals surface area contributed by atoms with Gasteiger partial charge in [-0.2, -0.15) is 5.10 Å². The van der Waals surface area contributed by atoms with Crippen LogP contribution in [0.25, 0.3) is 0 Å². The van der Waals surface area contributed by atoms with E-state index < -0.39 is 0 Å². The van der Waals surface area contributed by atoms with E-state index in [0.29, 0.717) is 28.2 Å². The maximum Gasteiger partial charge on any atom is 0.245 e. The van der Waals surface area contributed by atoms with Crippen molar-refractivity contribution in [2.75, 3.05) is 24.3 Å². The third-order valence-corrected chi connectivity index (χ3v) is 5.37. The number of rotatable bonds is 8. The molecule has 3 rings (SSSR count). The molecule has 0 aromatic heterocycles. The molecule has 4 nitrogen and oxygen atoms in total. The first kappa shape index (κ1) is 21.0. The lowest BCUT2D eigenvalue weighted by atomic mass is 9.93. The number of hydrogen-bond acceptors (Lipinski definition) is 3. The summed E-state index contributed by atoms with van der Waals surface area (Å²) in [5.41, 5.74) is 2.76. The molecule has 0 aliphatic carbocycles. The van der Waals surface area contributed by atoms with E-state index in [4.69, 9.17) is 39.9 Å².